The molecule has 0 saturated heterocycles. The first-order valence-corrected chi connectivity index (χ1v) is 13.5. The maximum atomic E-state index is 13.5. The van der Waals surface area contributed by atoms with Crippen molar-refractivity contribution in [2.24, 2.45) is 5.10 Å². The number of H-pyrrole nitrogens is 1. The van der Waals surface area contributed by atoms with Crippen molar-refractivity contribution in [2.75, 3.05) is 14.2 Å². The molecule has 1 amide bonds. The van der Waals surface area contributed by atoms with E-state index >= 15 is 0 Å². The lowest BCUT2D eigenvalue weighted by atomic mass is 10.0. The average Bonchev–Trinajstić information content (AvgIpc) is 3.39. The van der Waals surface area contributed by atoms with Gasteiger partial charge in [0, 0.05) is 26.2 Å². The molecule has 8 nitrogen and oxygen atoms in total. The second-order valence-corrected chi connectivity index (χ2v) is 10.0. The highest BCUT2D eigenvalue weighted by Gasteiger charge is 2.25. The van der Waals surface area contributed by atoms with Crippen molar-refractivity contribution in [1.82, 2.24) is 10.4 Å². The molecule has 0 bridgehead atoms. The number of halogens is 2. The number of esters is 1. The van der Waals surface area contributed by atoms with E-state index in [1.54, 1.807) is 74.9 Å². The van der Waals surface area contributed by atoms with Crippen LogP contribution < -0.4 is 19.6 Å². The number of ether oxygens (including phenoxy) is 3. The number of amides is 1. The van der Waals surface area contributed by atoms with E-state index in [1.807, 2.05) is 24.3 Å². The molecule has 0 saturated carbocycles. The van der Waals surface area contributed by atoms with Crippen molar-refractivity contribution in [3.8, 4) is 28.4 Å². The normalized spacial score (nSPS) is 11.0. The highest BCUT2D eigenvalue weighted by molar-refractivity contribution is 9.10. The number of hydrazone groups is 1. The van der Waals surface area contributed by atoms with E-state index in [2.05, 4.69) is 31.4 Å². The van der Waals surface area contributed by atoms with E-state index in [0.29, 0.717) is 49.7 Å². The second kappa shape index (κ2) is 12.3. The second-order valence-electron chi connectivity index (χ2n) is 8.71. The van der Waals surface area contributed by atoms with Crippen molar-refractivity contribution in [3.63, 3.8) is 0 Å². The molecule has 41 heavy (non-hydrogen) atoms. The number of hydrogen-bond acceptors (Lipinski definition) is 6. The number of aromatic nitrogens is 1. The molecule has 0 spiro atoms. The summed E-state index contributed by atoms with van der Waals surface area (Å²) in [5.41, 5.74) is 5.38. The lowest BCUT2D eigenvalue weighted by Gasteiger charge is -2.10. The summed E-state index contributed by atoms with van der Waals surface area (Å²) in [5.74, 6) is 0.285. The van der Waals surface area contributed by atoms with Crippen LogP contribution in [0, 0.1) is 0 Å². The van der Waals surface area contributed by atoms with Gasteiger partial charge in [-0.05, 0) is 48.5 Å². The minimum atomic E-state index is -0.533. The molecule has 4 aromatic carbocycles. The number of hydrogen-bond donors (Lipinski definition) is 2. The smallest absolute Gasteiger partial charge is 0.343 e. The van der Waals surface area contributed by atoms with Gasteiger partial charge in [-0.25, -0.2) is 10.2 Å². The number of carbonyl (C=O) groups excluding carboxylic acids is 2. The molecule has 5 aromatic rings. The quantitative estimate of drug-likeness (QED) is 0.0812. The SMILES string of the molecule is COc1ccc(OC)c2c(-c3ccccc3Cl)c(C(=O)NN=Cc3cc(Br)ccc3OC(=O)c3ccccc3)[nH]c12. The lowest BCUT2D eigenvalue weighted by molar-refractivity contribution is 0.0734. The molecule has 2 N–H and O–H groups in total. The number of nitrogens with one attached hydrogen (secondary N) is 2. The van der Waals surface area contributed by atoms with E-state index in [9.17, 15) is 9.59 Å². The summed E-state index contributed by atoms with van der Waals surface area (Å²) in [6, 6.07) is 24.5. The zero-order valence-electron chi connectivity index (χ0n) is 21.9. The molecular formula is C31H23BrClN3O5. The molecule has 0 fully saturated rings. The highest BCUT2D eigenvalue weighted by Crippen LogP contribution is 2.44. The van der Waals surface area contributed by atoms with E-state index in [-0.39, 0.29) is 11.4 Å². The van der Waals surface area contributed by atoms with Gasteiger partial charge in [0.05, 0.1) is 36.9 Å². The minimum Gasteiger partial charge on any atom is -0.496 e. The molecule has 0 radical (unpaired) electrons. The molecule has 206 valence electrons. The van der Waals surface area contributed by atoms with Crippen molar-refractivity contribution in [3.05, 3.63) is 111 Å². The fourth-order valence-electron chi connectivity index (χ4n) is 4.36. The van der Waals surface area contributed by atoms with Gasteiger partial charge in [0.1, 0.15) is 22.9 Å². The third-order valence-electron chi connectivity index (χ3n) is 6.24. The number of aromatic amines is 1. The van der Waals surface area contributed by atoms with Crippen LogP contribution in [0.5, 0.6) is 17.2 Å². The van der Waals surface area contributed by atoms with Crippen molar-refractivity contribution in [2.45, 2.75) is 0 Å². The van der Waals surface area contributed by atoms with E-state index in [4.69, 9.17) is 25.8 Å². The Morgan fingerprint density at radius 1 is 0.902 bits per heavy atom. The monoisotopic (exact) mass is 631 g/mol. The van der Waals surface area contributed by atoms with Crippen LogP contribution in [0.1, 0.15) is 26.4 Å². The topological polar surface area (TPSA) is 102 Å². The summed E-state index contributed by atoms with van der Waals surface area (Å²) in [6.07, 6.45) is 1.40. The van der Waals surface area contributed by atoms with Crippen molar-refractivity contribution >= 4 is 56.5 Å². The molecule has 0 aliphatic carbocycles. The summed E-state index contributed by atoms with van der Waals surface area (Å²) >= 11 is 9.99. The zero-order chi connectivity index (χ0) is 28.9. The molecule has 0 aliphatic heterocycles. The van der Waals surface area contributed by atoms with E-state index < -0.39 is 11.9 Å². The maximum Gasteiger partial charge on any atom is 0.343 e. The Balaban J connectivity index is 1.50. The number of benzene rings is 4. The Kier molecular flexibility index (Phi) is 8.37. The van der Waals surface area contributed by atoms with E-state index in [1.165, 1.54) is 6.21 Å². The Morgan fingerprint density at radius 2 is 1.59 bits per heavy atom. The maximum absolute atomic E-state index is 13.5. The summed E-state index contributed by atoms with van der Waals surface area (Å²) in [5, 5.41) is 5.25. The molecule has 5 rings (SSSR count). The first-order valence-electron chi connectivity index (χ1n) is 12.3. The van der Waals surface area contributed by atoms with Gasteiger partial charge in [-0.15, -0.1) is 0 Å². The van der Waals surface area contributed by atoms with Crippen LogP contribution in [-0.2, 0) is 0 Å². The molecule has 1 heterocycles. The van der Waals surface area contributed by atoms with Crippen LogP contribution in [0.25, 0.3) is 22.0 Å². The van der Waals surface area contributed by atoms with Crippen LogP contribution in [0.15, 0.2) is 94.5 Å². The fraction of sp³-hybridized carbons (Fsp3) is 0.0645. The Bertz CT molecular complexity index is 1790. The average molecular weight is 633 g/mol. The summed E-state index contributed by atoms with van der Waals surface area (Å²) in [4.78, 5) is 29.3. The third kappa shape index (κ3) is 5.82. The Hall–Kier alpha value is -4.60. The minimum absolute atomic E-state index is 0.207. The van der Waals surface area contributed by atoms with Gasteiger partial charge in [0.25, 0.3) is 5.91 Å². The number of nitrogens with zero attached hydrogens (tertiary/aromatic N) is 1. The van der Waals surface area contributed by atoms with Crippen LogP contribution in [0.4, 0.5) is 0 Å². The molecule has 0 unspecified atom stereocenters. The van der Waals surface area contributed by atoms with Crippen LogP contribution in [-0.4, -0.2) is 37.3 Å². The number of carbonyl (C=O) groups is 2. The van der Waals surface area contributed by atoms with Gasteiger partial charge in [0.2, 0.25) is 0 Å². The predicted molar refractivity (Wildman–Crippen MR) is 162 cm³/mol. The van der Waals surface area contributed by atoms with E-state index in [0.717, 1.165) is 4.47 Å². The van der Waals surface area contributed by atoms with Crippen LogP contribution in [0.2, 0.25) is 5.02 Å². The van der Waals surface area contributed by atoms with Crippen molar-refractivity contribution in [1.29, 1.82) is 0 Å². The van der Waals surface area contributed by atoms with Crippen LogP contribution in [0.3, 0.4) is 0 Å². The fourth-order valence-corrected chi connectivity index (χ4v) is 4.96. The molecule has 0 aliphatic rings. The third-order valence-corrected chi connectivity index (χ3v) is 7.07. The molecule has 10 heteroatoms. The molecule has 0 atom stereocenters. The largest absolute Gasteiger partial charge is 0.496 e. The Labute approximate surface area is 249 Å². The summed E-state index contributed by atoms with van der Waals surface area (Å²) < 4.78 is 17.5. The number of methoxy groups -OCH3 is 2. The van der Waals surface area contributed by atoms with Gasteiger partial charge in [-0.1, -0.05) is 63.9 Å². The van der Waals surface area contributed by atoms with Crippen LogP contribution >= 0.6 is 27.5 Å². The summed E-state index contributed by atoms with van der Waals surface area (Å²) in [7, 11) is 3.09. The van der Waals surface area contributed by atoms with Gasteiger partial charge in [-0.2, -0.15) is 5.10 Å². The number of rotatable bonds is 8. The first kappa shape index (κ1) is 27.9. The van der Waals surface area contributed by atoms with Gasteiger partial charge in [-0.3, -0.25) is 4.79 Å². The predicted octanol–water partition coefficient (Wildman–Crippen LogP) is 7.25. The summed E-state index contributed by atoms with van der Waals surface area (Å²) in [6.45, 7) is 0. The van der Waals surface area contributed by atoms with Gasteiger partial charge < -0.3 is 19.2 Å². The highest BCUT2D eigenvalue weighted by atomic mass is 79.9. The number of fused-ring (bicyclic) bond motifs is 1. The zero-order valence-corrected chi connectivity index (χ0v) is 24.2. The standard InChI is InChI=1S/C31H23BrClN3O5/c1-39-24-14-15-25(40-2)28-27(24)26(21-10-6-7-11-22(21)33)29(35-28)30(37)36-34-17-19-16-20(32)12-13-23(19)41-31(38)18-8-4-3-5-9-18/h3-17,35H,1-2H3,(H,36,37). The first-order chi connectivity index (χ1) is 19.9. The van der Waals surface area contributed by atoms with Gasteiger partial charge in [0.15, 0.2) is 0 Å². The lowest BCUT2D eigenvalue weighted by Crippen LogP contribution is -2.19. The Morgan fingerprint density at radius 3 is 2.32 bits per heavy atom. The van der Waals surface area contributed by atoms with Crippen molar-refractivity contribution < 1.29 is 23.8 Å². The van der Waals surface area contributed by atoms with Gasteiger partial charge >= 0.3 is 5.97 Å². The molecule has 1 aromatic heterocycles. The molecular weight excluding hydrogens is 610 g/mol.